The summed E-state index contributed by atoms with van der Waals surface area (Å²) < 4.78 is 48.2. The quantitative estimate of drug-likeness (QED) is 0.692. The molecule has 0 radical (unpaired) electrons. The molecule has 0 aromatic heterocycles. The van der Waals surface area contributed by atoms with Gasteiger partial charge in [0.25, 0.3) is 0 Å². The Morgan fingerprint density at radius 3 is 2.23 bits per heavy atom. The second kappa shape index (κ2) is 8.20. The van der Waals surface area contributed by atoms with Crippen molar-refractivity contribution in [2.75, 3.05) is 19.6 Å². The first-order valence-corrected chi connectivity index (χ1v) is 6.36. The van der Waals surface area contributed by atoms with Crippen molar-refractivity contribution >= 4 is 11.9 Å². The lowest BCUT2D eigenvalue weighted by atomic mass is 10.1. The standard InChI is InChI=1S/C13H15F4N3O2/c14-10-3-1-9(2-4-10)5-6-18-12(22)19-7-11(21)20-8-13(15,16)17/h1-4H,5-8H2,(H,20,21)(H2,18,19,22). The second-order valence-electron chi connectivity index (χ2n) is 4.38. The largest absolute Gasteiger partial charge is 0.405 e. The first-order valence-electron chi connectivity index (χ1n) is 6.36. The van der Waals surface area contributed by atoms with Crippen LogP contribution in [-0.4, -0.2) is 37.7 Å². The molecule has 3 N–H and O–H groups in total. The Bertz CT molecular complexity index is 503. The maximum Gasteiger partial charge on any atom is 0.405 e. The number of benzene rings is 1. The van der Waals surface area contributed by atoms with Gasteiger partial charge in [-0.2, -0.15) is 13.2 Å². The maximum absolute atomic E-state index is 12.7. The number of alkyl halides is 3. The summed E-state index contributed by atoms with van der Waals surface area (Å²) in [6.07, 6.45) is -4.04. The van der Waals surface area contributed by atoms with Gasteiger partial charge in [-0.15, -0.1) is 0 Å². The molecule has 1 aromatic carbocycles. The molecule has 9 heteroatoms. The van der Waals surface area contributed by atoms with Gasteiger partial charge >= 0.3 is 12.2 Å². The van der Waals surface area contributed by atoms with E-state index in [-0.39, 0.29) is 12.4 Å². The number of halogens is 4. The van der Waals surface area contributed by atoms with Crippen LogP contribution in [0.4, 0.5) is 22.4 Å². The number of amides is 3. The topological polar surface area (TPSA) is 70.2 Å². The Kier molecular flexibility index (Phi) is 6.61. The molecule has 0 spiro atoms. The highest BCUT2D eigenvalue weighted by molar-refractivity contribution is 5.83. The summed E-state index contributed by atoms with van der Waals surface area (Å²) in [6, 6.07) is 5.05. The number of carbonyl (C=O) groups is 2. The van der Waals surface area contributed by atoms with Crippen molar-refractivity contribution < 1.29 is 27.2 Å². The Morgan fingerprint density at radius 2 is 1.64 bits per heavy atom. The van der Waals surface area contributed by atoms with Gasteiger partial charge in [-0.25, -0.2) is 9.18 Å². The Hall–Kier alpha value is -2.32. The van der Waals surface area contributed by atoms with E-state index in [1.165, 1.54) is 12.1 Å². The van der Waals surface area contributed by atoms with E-state index in [0.717, 1.165) is 5.56 Å². The highest BCUT2D eigenvalue weighted by atomic mass is 19.4. The minimum Gasteiger partial charge on any atom is -0.345 e. The zero-order chi connectivity index (χ0) is 16.6. The highest BCUT2D eigenvalue weighted by Crippen LogP contribution is 2.11. The average molecular weight is 321 g/mol. The molecule has 0 unspecified atom stereocenters. The van der Waals surface area contributed by atoms with Crippen molar-refractivity contribution in [2.45, 2.75) is 12.6 Å². The van der Waals surface area contributed by atoms with Crippen LogP contribution in [0.1, 0.15) is 5.56 Å². The van der Waals surface area contributed by atoms with Gasteiger partial charge in [0.15, 0.2) is 0 Å². The van der Waals surface area contributed by atoms with Gasteiger partial charge in [-0.05, 0) is 24.1 Å². The maximum atomic E-state index is 12.7. The van der Waals surface area contributed by atoms with E-state index in [1.807, 2.05) is 0 Å². The number of nitrogens with one attached hydrogen (secondary N) is 3. The van der Waals surface area contributed by atoms with Crippen molar-refractivity contribution in [1.29, 1.82) is 0 Å². The fourth-order valence-corrected chi connectivity index (χ4v) is 1.46. The van der Waals surface area contributed by atoms with Crippen LogP contribution in [0.3, 0.4) is 0 Å². The number of hydrogen-bond donors (Lipinski definition) is 3. The van der Waals surface area contributed by atoms with E-state index in [1.54, 1.807) is 17.4 Å². The molecule has 3 amide bonds. The molecule has 1 rings (SSSR count). The third-order valence-electron chi connectivity index (χ3n) is 2.51. The zero-order valence-corrected chi connectivity index (χ0v) is 11.5. The van der Waals surface area contributed by atoms with E-state index in [2.05, 4.69) is 10.6 Å². The van der Waals surface area contributed by atoms with Gasteiger partial charge < -0.3 is 16.0 Å². The van der Waals surface area contributed by atoms with Crippen LogP contribution in [0.25, 0.3) is 0 Å². The summed E-state index contributed by atoms with van der Waals surface area (Å²) in [5, 5.41) is 6.18. The van der Waals surface area contributed by atoms with Crippen molar-refractivity contribution in [2.24, 2.45) is 0 Å². The zero-order valence-electron chi connectivity index (χ0n) is 11.5. The predicted molar refractivity (Wildman–Crippen MR) is 70.6 cm³/mol. The molecule has 0 saturated carbocycles. The van der Waals surface area contributed by atoms with Gasteiger partial charge in [0.05, 0.1) is 6.54 Å². The normalized spacial score (nSPS) is 10.9. The van der Waals surface area contributed by atoms with E-state index in [9.17, 15) is 27.2 Å². The van der Waals surface area contributed by atoms with Crippen LogP contribution >= 0.6 is 0 Å². The van der Waals surface area contributed by atoms with Gasteiger partial charge in [0.1, 0.15) is 12.4 Å². The molecule has 0 aliphatic rings. The third-order valence-corrected chi connectivity index (χ3v) is 2.51. The molecule has 22 heavy (non-hydrogen) atoms. The van der Waals surface area contributed by atoms with E-state index >= 15 is 0 Å². The number of carbonyl (C=O) groups excluding carboxylic acids is 2. The number of rotatable bonds is 6. The lowest BCUT2D eigenvalue weighted by molar-refractivity contribution is -0.137. The molecule has 1 aromatic rings. The Labute approximate surface area is 124 Å². The van der Waals surface area contributed by atoms with E-state index in [0.29, 0.717) is 6.42 Å². The highest BCUT2D eigenvalue weighted by Gasteiger charge is 2.27. The molecule has 0 bridgehead atoms. The molecule has 0 fully saturated rings. The van der Waals surface area contributed by atoms with Gasteiger partial charge in [0, 0.05) is 6.54 Å². The molecule has 122 valence electrons. The van der Waals surface area contributed by atoms with Gasteiger partial charge in [0.2, 0.25) is 5.91 Å². The van der Waals surface area contributed by atoms with Crippen molar-refractivity contribution in [3.05, 3.63) is 35.6 Å². The predicted octanol–water partition coefficient (Wildman–Crippen LogP) is 1.35. The molecular weight excluding hydrogens is 306 g/mol. The van der Waals surface area contributed by atoms with Crippen molar-refractivity contribution in [3.63, 3.8) is 0 Å². The summed E-state index contributed by atoms with van der Waals surface area (Å²) in [7, 11) is 0. The average Bonchev–Trinajstić information content (AvgIpc) is 2.44. The fourth-order valence-electron chi connectivity index (χ4n) is 1.46. The molecule has 5 nitrogen and oxygen atoms in total. The van der Waals surface area contributed by atoms with Gasteiger partial charge in [-0.3, -0.25) is 4.79 Å². The van der Waals surface area contributed by atoms with Crippen LogP contribution in [0.15, 0.2) is 24.3 Å². The Morgan fingerprint density at radius 1 is 1.00 bits per heavy atom. The monoisotopic (exact) mass is 321 g/mol. The van der Waals surface area contributed by atoms with Crippen LogP contribution in [0.5, 0.6) is 0 Å². The number of urea groups is 1. The summed E-state index contributed by atoms with van der Waals surface area (Å²) in [4.78, 5) is 22.3. The van der Waals surface area contributed by atoms with Crippen LogP contribution < -0.4 is 16.0 Å². The minimum atomic E-state index is -4.49. The number of hydrogen-bond acceptors (Lipinski definition) is 2. The van der Waals surface area contributed by atoms with Crippen molar-refractivity contribution in [1.82, 2.24) is 16.0 Å². The summed E-state index contributed by atoms with van der Waals surface area (Å²) >= 11 is 0. The van der Waals surface area contributed by atoms with Crippen molar-refractivity contribution in [3.8, 4) is 0 Å². The SMILES string of the molecule is O=C(CNC(=O)NCCc1ccc(F)cc1)NCC(F)(F)F. The minimum absolute atomic E-state index is 0.238. The molecule has 0 heterocycles. The van der Waals surface area contributed by atoms with E-state index < -0.39 is 31.2 Å². The second-order valence-corrected chi connectivity index (χ2v) is 4.38. The lowest BCUT2D eigenvalue weighted by Crippen LogP contribution is -2.44. The third kappa shape index (κ3) is 8.08. The first kappa shape index (κ1) is 17.7. The van der Waals surface area contributed by atoms with E-state index in [4.69, 9.17) is 0 Å². The van der Waals surface area contributed by atoms with Crippen LogP contribution in [0.2, 0.25) is 0 Å². The Balaban J connectivity index is 2.15. The van der Waals surface area contributed by atoms with Crippen LogP contribution in [0, 0.1) is 5.82 Å². The molecular formula is C13H15F4N3O2. The molecule has 0 aliphatic carbocycles. The van der Waals surface area contributed by atoms with Gasteiger partial charge in [-0.1, -0.05) is 12.1 Å². The summed E-state index contributed by atoms with van der Waals surface area (Å²) in [5.41, 5.74) is 0.810. The molecule has 0 aliphatic heterocycles. The molecule has 0 saturated heterocycles. The lowest BCUT2D eigenvalue weighted by Gasteiger charge is -2.10. The summed E-state index contributed by atoms with van der Waals surface area (Å²) in [5.74, 6) is -1.30. The molecule has 0 atom stereocenters. The smallest absolute Gasteiger partial charge is 0.345 e. The first-order chi connectivity index (χ1) is 10.3. The fraction of sp³-hybridized carbons (Fsp3) is 0.385. The summed E-state index contributed by atoms with van der Waals surface area (Å²) in [6.45, 7) is -1.76. The van der Waals surface area contributed by atoms with Crippen LogP contribution in [-0.2, 0) is 11.2 Å².